The van der Waals surface area contributed by atoms with Crippen LogP contribution in [0.25, 0.3) is 11.0 Å². The van der Waals surface area contributed by atoms with Crippen molar-refractivity contribution in [2.75, 3.05) is 31.8 Å². The Morgan fingerprint density at radius 3 is 3.00 bits per heavy atom. The van der Waals surface area contributed by atoms with Gasteiger partial charge < -0.3 is 18.9 Å². The van der Waals surface area contributed by atoms with Gasteiger partial charge in [0.1, 0.15) is 18.2 Å². The first-order valence-electron chi connectivity index (χ1n) is 9.10. The maximum atomic E-state index is 11.8. The Kier molecular flexibility index (Phi) is 5.14. The average molecular weight is 382 g/mol. The number of nitrogens with zero attached hydrogens (tertiary/aromatic N) is 3. The number of benzene rings is 2. The molecule has 0 aliphatic carbocycles. The summed E-state index contributed by atoms with van der Waals surface area (Å²) in [4.78, 5) is 18.8. The maximum absolute atomic E-state index is 11.8. The van der Waals surface area contributed by atoms with Gasteiger partial charge >= 0.3 is 0 Å². The topological polar surface area (TPSA) is 88.9 Å². The van der Waals surface area contributed by atoms with Crippen LogP contribution in [0, 0.1) is 0 Å². The molecule has 0 spiro atoms. The molecule has 0 bridgehead atoms. The highest BCUT2D eigenvalue weighted by Gasteiger charge is 2.22. The molecule has 8 heteroatoms. The van der Waals surface area contributed by atoms with Crippen LogP contribution in [-0.2, 0) is 17.8 Å². The molecule has 0 radical (unpaired) electrons. The zero-order valence-corrected chi connectivity index (χ0v) is 15.6. The van der Waals surface area contributed by atoms with Gasteiger partial charge in [-0.05, 0) is 30.3 Å². The highest BCUT2D eigenvalue weighted by Crippen LogP contribution is 2.33. The van der Waals surface area contributed by atoms with Crippen LogP contribution in [0.3, 0.4) is 0 Å². The number of fused-ring (bicyclic) bond motifs is 2. The quantitative estimate of drug-likeness (QED) is 0.502. The number of imidazole rings is 1. The van der Waals surface area contributed by atoms with Gasteiger partial charge in [0.25, 0.3) is 5.91 Å². The van der Waals surface area contributed by atoms with E-state index in [9.17, 15) is 4.79 Å². The molecule has 0 fully saturated rings. The molecule has 2 N–H and O–H groups in total. The van der Waals surface area contributed by atoms with Crippen molar-refractivity contribution < 1.29 is 19.5 Å². The zero-order valence-electron chi connectivity index (χ0n) is 15.6. The molecule has 1 aromatic heterocycles. The Morgan fingerprint density at radius 1 is 1.32 bits per heavy atom. The van der Waals surface area contributed by atoms with Crippen molar-refractivity contribution in [3.05, 3.63) is 53.9 Å². The van der Waals surface area contributed by atoms with Crippen LogP contribution in [0.2, 0.25) is 0 Å². The van der Waals surface area contributed by atoms with E-state index >= 15 is 0 Å². The lowest BCUT2D eigenvalue weighted by Crippen LogP contribution is -2.33. The van der Waals surface area contributed by atoms with Crippen LogP contribution in [-0.4, -0.2) is 47.5 Å². The lowest BCUT2D eigenvalue weighted by Gasteiger charge is -2.31. The Hall–Kier alpha value is -3.10. The van der Waals surface area contributed by atoms with E-state index < -0.39 is 5.91 Å². The molecule has 1 aliphatic rings. The highest BCUT2D eigenvalue weighted by molar-refractivity contribution is 5.95. The fourth-order valence-electron chi connectivity index (χ4n) is 3.49. The second-order valence-electron chi connectivity index (χ2n) is 6.55. The molecule has 0 unspecified atom stereocenters. The van der Waals surface area contributed by atoms with E-state index in [1.54, 1.807) is 30.8 Å². The maximum Gasteiger partial charge on any atom is 0.274 e. The summed E-state index contributed by atoms with van der Waals surface area (Å²) in [6.07, 6.45) is 0. The third-order valence-corrected chi connectivity index (χ3v) is 4.87. The summed E-state index contributed by atoms with van der Waals surface area (Å²) in [6, 6.07) is 13.1. The summed E-state index contributed by atoms with van der Waals surface area (Å²) in [5, 5.41) is 8.92. The molecule has 2 heterocycles. The summed E-state index contributed by atoms with van der Waals surface area (Å²) >= 11 is 0. The van der Waals surface area contributed by atoms with Gasteiger partial charge in [0.2, 0.25) is 0 Å². The van der Waals surface area contributed by atoms with Crippen LogP contribution < -0.4 is 15.1 Å². The van der Waals surface area contributed by atoms with E-state index in [0.717, 1.165) is 22.5 Å². The second kappa shape index (κ2) is 7.87. The van der Waals surface area contributed by atoms with Gasteiger partial charge in [-0.2, -0.15) is 0 Å². The molecule has 4 rings (SSSR count). The number of ether oxygens (including phenoxy) is 2. The number of carbonyl (C=O) groups is 1. The van der Waals surface area contributed by atoms with Crippen LogP contribution in [0.4, 0.5) is 5.69 Å². The van der Waals surface area contributed by atoms with Crippen molar-refractivity contribution in [3.63, 3.8) is 0 Å². The Labute approximate surface area is 162 Å². The van der Waals surface area contributed by atoms with Crippen molar-refractivity contribution in [2.24, 2.45) is 0 Å². The molecule has 1 aliphatic heterocycles. The Balaban J connectivity index is 1.70. The summed E-state index contributed by atoms with van der Waals surface area (Å²) in [6.45, 7) is 3.09. The first-order chi connectivity index (χ1) is 13.7. The molecule has 1 amide bonds. The van der Waals surface area contributed by atoms with Crippen molar-refractivity contribution in [1.82, 2.24) is 15.0 Å². The number of hydroxylamine groups is 1. The number of carbonyl (C=O) groups excluding carboxylic acids is 1. The molecular formula is C20H22N4O4. The number of para-hydroxylation sites is 2. The van der Waals surface area contributed by atoms with Gasteiger partial charge in [0.05, 0.1) is 36.4 Å². The smallest absolute Gasteiger partial charge is 0.274 e. The van der Waals surface area contributed by atoms with E-state index in [4.69, 9.17) is 19.7 Å². The van der Waals surface area contributed by atoms with E-state index in [-0.39, 0.29) is 0 Å². The third kappa shape index (κ3) is 3.39. The molecular weight excluding hydrogens is 360 g/mol. The summed E-state index contributed by atoms with van der Waals surface area (Å²) in [5.74, 6) is 1.07. The van der Waals surface area contributed by atoms with Crippen LogP contribution in [0.15, 0.2) is 42.5 Å². The Bertz CT molecular complexity index is 1000. The van der Waals surface area contributed by atoms with Gasteiger partial charge in [-0.3, -0.25) is 10.0 Å². The summed E-state index contributed by atoms with van der Waals surface area (Å²) < 4.78 is 13.2. The zero-order chi connectivity index (χ0) is 19.5. The lowest BCUT2D eigenvalue weighted by atomic mass is 10.1. The summed E-state index contributed by atoms with van der Waals surface area (Å²) in [5.41, 5.74) is 4.85. The number of nitrogens with one attached hydrogen (secondary N) is 1. The second-order valence-corrected chi connectivity index (χ2v) is 6.55. The SMILES string of the molecule is COCCn1c(CN2CCOc3ccc(C(=O)NO)cc32)nc2ccccc21. The van der Waals surface area contributed by atoms with Gasteiger partial charge in [-0.15, -0.1) is 0 Å². The van der Waals surface area contributed by atoms with Gasteiger partial charge in [-0.1, -0.05) is 12.1 Å². The molecule has 28 heavy (non-hydrogen) atoms. The first-order valence-corrected chi connectivity index (χ1v) is 9.10. The fourth-order valence-corrected chi connectivity index (χ4v) is 3.49. The molecule has 0 atom stereocenters. The molecule has 0 saturated heterocycles. The predicted octanol–water partition coefficient (Wildman–Crippen LogP) is 2.20. The van der Waals surface area contributed by atoms with Gasteiger partial charge in [0.15, 0.2) is 0 Å². The van der Waals surface area contributed by atoms with E-state index in [1.807, 2.05) is 18.2 Å². The fraction of sp³-hybridized carbons (Fsp3) is 0.300. The Morgan fingerprint density at radius 2 is 2.18 bits per heavy atom. The number of hydrogen-bond donors (Lipinski definition) is 2. The van der Waals surface area contributed by atoms with E-state index in [0.29, 0.717) is 44.2 Å². The molecule has 8 nitrogen and oxygen atoms in total. The average Bonchev–Trinajstić information content (AvgIpc) is 3.08. The van der Waals surface area contributed by atoms with Crippen LogP contribution in [0.1, 0.15) is 16.2 Å². The van der Waals surface area contributed by atoms with Crippen LogP contribution in [0.5, 0.6) is 5.75 Å². The highest BCUT2D eigenvalue weighted by atomic mass is 16.5. The van der Waals surface area contributed by atoms with Crippen molar-refractivity contribution in [3.8, 4) is 5.75 Å². The lowest BCUT2D eigenvalue weighted by molar-refractivity contribution is 0.0706. The number of methoxy groups -OCH3 is 1. The normalized spacial score (nSPS) is 13.3. The number of hydrogen-bond acceptors (Lipinski definition) is 6. The predicted molar refractivity (Wildman–Crippen MR) is 104 cm³/mol. The minimum absolute atomic E-state index is 0.365. The molecule has 146 valence electrons. The number of anilines is 1. The van der Waals surface area contributed by atoms with Crippen LogP contribution >= 0.6 is 0 Å². The molecule has 3 aromatic rings. The minimum Gasteiger partial charge on any atom is -0.490 e. The first kappa shape index (κ1) is 18.3. The monoisotopic (exact) mass is 382 g/mol. The standard InChI is InChI=1S/C20H22N4O4/c1-27-10-9-24-16-5-3-2-4-15(16)21-19(24)13-23-8-11-28-18-7-6-14(12-17(18)23)20(25)22-26/h2-7,12,26H,8-11,13H2,1H3,(H,22,25). The number of rotatable bonds is 6. The summed E-state index contributed by atoms with van der Waals surface area (Å²) in [7, 11) is 1.69. The van der Waals surface area contributed by atoms with Gasteiger partial charge in [-0.25, -0.2) is 10.5 Å². The third-order valence-electron chi connectivity index (χ3n) is 4.87. The van der Waals surface area contributed by atoms with E-state index in [1.165, 1.54) is 0 Å². The molecule has 2 aromatic carbocycles. The van der Waals surface area contributed by atoms with Gasteiger partial charge in [0, 0.05) is 19.2 Å². The van der Waals surface area contributed by atoms with Crippen molar-refractivity contribution in [2.45, 2.75) is 13.1 Å². The van der Waals surface area contributed by atoms with Crippen molar-refractivity contribution >= 4 is 22.6 Å². The number of aromatic nitrogens is 2. The molecule has 0 saturated carbocycles. The largest absolute Gasteiger partial charge is 0.490 e. The van der Waals surface area contributed by atoms with E-state index in [2.05, 4.69) is 15.5 Å². The number of amides is 1. The van der Waals surface area contributed by atoms with Crippen molar-refractivity contribution in [1.29, 1.82) is 0 Å². The minimum atomic E-state index is -0.555.